The zero-order valence-electron chi connectivity index (χ0n) is 38.5. The van der Waals surface area contributed by atoms with Gasteiger partial charge in [-0.2, -0.15) is 33.7 Å². The molecule has 0 bridgehead atoms. The number of carbonyl (C=O) groups excluding carboxylic acids is 1. The van der Waals surface area contributed by atoms with Crippen LogP contribution in [-0.2, 0) is 40.5 Å². The first-order valence-electron chi connectivity index (χ1n) is 20.4. The van der Waals surface area contributed by atoms with Gasteiger partial charge in [-0.3, -0.25) is 4.79 Å². The minimum Gasteiger partial charge on any atom is -0.375 e. The summed E-state index contributed by atoms with van der Waals surface area (Å²) >= 11 is 0. The van der Waals surface area contributed by atoms with Crippen molar-refractivity contribution in [1.29, 1.82) is 0 Å². The maximum absolute atomic E-state index is 14.8. The van der Waals surface area contributed by atoms with Gasteiger partial charge in [-0.25, -0.2) is 0 Å². The molecule has 13 nitrogen and oxygen atoms in total. The summed E-state index contributed by atoms with van der Waals surface area (Å²) < 4.78 is 141. The minimum absolute atomic E-state index is 0.104. The van der Waals surface area contributed by atoms with E-state index >= 15 is 0 Å². The van der Waals surface area contributed by atoms with E-state index in [1.165, 1.54) is 79.7 Å². The van der Waals surface area contributed by atoms with Crippen molar-refractivity contribution in [1.82, 2.24) is 0 Å². The Labute approximate surface area is 387 Å². The number of rotatable bonds is 14. The topological polar surface area (TPSA) is 191 Å². The molecule has 66 heavy (non-hydrogen) atoms. The summed E-state index contributed by atoms with van der Waals surface area (Å²) in [5, 5.41) is 0. The smallest absolute Gasteiger partial charge is 0.340 e. The van der Waals surface area contributed by atoms with Crippen LogP contribution in [0.2, 0.25) is 0 Å². The molecular weight excluding hydrogens is 925 g/mol. The average Bonchev–Trinajstić information content (AvgIpc) is 3.14. The fourth-order valence-corrected chi connectivity index (χ4v) is 14.1. The largest absolute Gasteiger partial charge is 0.375 e. The summed E-state index contributed by atoms with van der Waals surface area (Å²) in [6, 6.07) is 20.5. The van der Waals surface area contributed by atoms with E-state index in [1.807, 2.05) is 0 Å². The molecule has 6 aromatic carbocycles. The van der Waals surface area contributed by atoms with Crippen LogP contribution in [0, 0.1) is 83.1 Å². The maximum Gasteiger partial charge on any atom is 0.340 e. The number of aryl methyl sites for hydroxylation is 12. The Morgan fingerprint density at radius 3 is 0.939 bits per heavy atom. The lowest BCUT2D eigenvalue weighted by molar-refractivity contribution is 0.103. The molecule has 0 N–H and O–H groups in total. The van der Waals surface area contributed by atoms with Crippen molar-refractivity contribution in [3.05, 3.63) is 163 Å². The van der Waals surface area contributed by atoms with Gasteiger partial charge >= 0.3 is 40.5 Å². The standard InChI is InChI=1S/C49H50O13S4/c1-27-18-31(5)46(32(6)19-27)63(51,52)59-41-26-40(42(50)39-16-14-13-15-17-39)43(60-64(53,54)47-33(7)20-28(2)21-34(47)8)45(62-66(57,58)49-37(11)24-30(4)25-38(49)12)44(41)61-65(55,56)48-35(9)22-29(3)23-36(48)10/h13-26H,1-12H3. The summed E-state index contributed by atoms with van der Waals surface area (Å²) in [5.74, 6) is -5.83. The van der Waals surface area contributed by atoms with Gasteiger partial charge in [0.25, 0.3) is 0 Å². The lowest BCUT2D eigenvalue weighted by atomic mass is 10.0. The average molecular weight is 975 g/mol. The second kappa shape index (κ2) is 18.0. The third-order valence-corrected chi connectivity index (χ3v) is 16.8. The van der Waals surface area contributed by atoms with E-state index in [4.69, 9.17) is 16.7 Å². The summed E-state index contributed by atoms with van der Waals surface area (Å²) in [6.07, 6.45) is 0. The van der Waals surface area contributed by atoms with E-state index in [9.17, 15) is 38.5 Å². The highest BCUT2D eigenvalue weighted by molar-refractivity contribution is 7.88. The van der Waals surface area contributed by atoms with E-state index in [0.29, 0.717) is 22.3 Å². The van der Waals surface area contributed by atoms with Crippen LogP contribution in [0.3, 0.4) is 0 Å². The predicted molar refractivity (Wildman–Crippen MR) is 250 cm³/mol. The fourth-order valence-electron chi connectivity index (χ4n) is 8.67. The normalized spacial score (nSPS) is 12.2. The van der Waals surface area contributed by atoms with Gasteiger partial charge < -0.3 is 16.7 Å². The third-order valence-electron chi connectivity index (χ3n) is 10.6. The van der Waals surface area contributed by atoms with Gasteiger partial charge in [-0.15, -0.1) is 0 Å². The molecule has 0 radical (unpaired) electrons. The molecule has 348 valence electrons. The minimum atomic E-state index is -5.22. The Kier molecular flexibility index (Phi) is 13.5. The van der Waals surface area contributed by atoms with Crippen LogP contribution in [0.15, 0.2) is 105 Å². The Hall–Kier alpha value is -6.01. The molecule has 0 amide bonds. The van der Waals surface area contributed by atoms with Crippen LogP contribution in [0.5, 0.6) is 23.0 Å². The van der Waals surface area contributed by atoms with Crippen LogP contribution in [-0.4, -0.2) is 39.5 Å². The molecular formula is C49H50O13S4. The Morgan fingerprint density at radius 1 is 0.348 bits per heavy atom. The summed E-state index contributed by atoms with van der Waals surface area (Å²) in [6.45, 7) is 18.9. The lowest BCUT2D eigenvalue weighted by Crippen LogP contribution is -2.22. The molecule has 0 aromatic heterocycles. The van der Waals surface area contributed by atoms with E-state index < -0.39 is 84.6 Å². The first-order valence-corrected chi connectivity index (χ1v) is 26.1. The zero-order chi connectivity index (χ0) is 49.0. The van der Waals surface area contributed by atoms with Gasteiger partial charge in [-0.05, 0) is 128 Å². The fraction of sp³-hybridized carbons (Fsp3) is 0.245. The summed E-state index contributed by atoms with van der Waals surface area (Å²) in [4.78, 5) is 13.3. The molecule has 0 saturated carbocycles. The van der Waals surface area contributed by atoms with Gasteiger partial charge in [0.1, 0.15) is 19.6 Å². The van der Waals surface area contributed by atoms with Crippen molar-refractivity contribution in [3.8, 4) is 23.0 Å². The number of ketones is 1. The Morgan fingerprint density at radius 2 is 0.621 bits per heavy atom. The number of hydrogen-bond donors (Lipinski definition) is 0. The van der Waals surface area contributed by atoms with Gasteiger partial charge in [0.15, 0.2) is 11.5 Å². The summed E-state index contributed by atoms with van der Waals surface area (Å²) in [7, 11) is -20.6. The van der Waals surface area contributed by atoms with Crippen molar-refractivity contribution >= 4 is 46.3 Å². The van der Waals surface area contributed by atoms with E-state index in [1.54, 1.807) is 82.3 Å². The van der Waals surface area contributed by atoms with Crippen LogP contribution in [0.1, 0.15) is 82.7 Å². The number of carbonyl (C=O) groups is 1. The molecule has 17 heteroatoms. The maximum atomic E-state index is 14.8. The number of hydrogen-bond acceptors (Lipinski definition) is 13. The molecule has 0 aliphatic carbocycles. The van der Waals surface area contributed by atoms with Crippen molar-refractivity contribution in [3.63, 3.8) is 0 Å². The van der Waals surface area contributed by atoms with Gasteiger partial charge in [-0.1, -0.05) is 101 Å². The Bertz CT molecular complexity index is 3360. The van der Waals surface area contributed by atoms with Gasteiger partial charge in [0.05, 0.1) is 5.56 Å². The van der Waals surface area contributed by atoms with Gasteiger partial charge in [0, 0.05) is 11.6 Å². The molecule has 0 aliphatic heterocycles. The molecule has 6 rings (SSSR count). The van der Waals surface area contributed by atoms with Crippen LogP contribution in [0.25, 0.3) is 0 Å². The van der Waals surface area contributed by atoms with E-state index in [2.05, 4.69) is 0 Å². The van der Waals surface area contributed by atoms with Gasteiger partial charge in [0.2, 0.25) is 17.2 Å². The molecule has 0 atom stereocenters. The summed E-state index contributed by atoms with van der Waals surface area (Å²) in [5.41, 5.74) is 3.49. The highest BCUT2D eigenvalue weighted by Gasteiger charge is 2.40. The van der Waals surface area contributed by atoms with Crippen molar-refractivity contribution in [2.24, 2.45) is 0 Å². The van der Waals surface area contributed by atoms with E-state index in [-0.39, 0.29) is 59.9 Å². The molecule has 0 spiro atoms. The van der Waals surface area contributed by atoms with Crippen LogP contribution >= 0.6 is 0 Å². The highest BCUT2D eigenvalue weighted by Crippen LogP contribution is 2.52. The highest BCUT2D eigenvalue weighted by atomic mass is 32.2. The molecule has 0 fully saturated rings. The van der Waals surface area contributed by atoms with Crippen LogP contribution in [0.4, 0.5) is 0 Å². The zero-order valence-corrected chi connectivity index (χ0v) is 41.8. The molecule has 0 unspecified atom stereocenters. The molecule has 0 saturated heterocycles. The first-order chi connectivity index (χ1) is 30.5. The SMILES string of the molecule is Cc1cc(C)c(S(=O)(=O)Oc2cc(C(=O)c3ccccc3)c(OS(=O)(=O)c3c(C)cc(C)cc3C)c(OS(=O)(=O)c3c(C)cc(C)cc3C)c2OS(=O)(=O)c2c(C)cc(C)cc2C)c(C)c1. The quantitative estimate of drug-likeness (QED) is 0.0741. The third kappa shape index (κ3) is 9.89. The number of benzene rings is 6. The first kappa shape index (κ1) is 49.4. The van der Waals surface area contributed by atoms with Crippen LogP contribution < -0.4 is 16.7 Å². The second-order valence-corrected chi connectivity index (χ2v) is 22.6. The molecule has 0 aliphatic rings. The predicted octanol–water partition coefficient (Wildman–Crippen LogP) is 9.69. The van der Waals surface area contributed by atoms with Crippen molar-refractivity contribution in [2.45, 2.75) is 103 Å². The monoisotopic (exact) mass is 974 g/mol. The van der Waals surface area contributed by atoms with Crippen molar-refractivity contribution in [2.75, 3.05) is 0 Å². The second-order valence-electron chi connectivity index (χ2n) is 16.7. The molecule has 6 aromatic rings. The molecule has 0 heterocycles. The lowest BCUT2D eigenvalue weighted by Gasteiger charge is -2.23. The Balaban J connectivity index is 1.82. The van der Waals surface area contributed by atoms with E-state index in [0.717, 1.165) is 6.07 Å². The van der Waals surface area contributed by atoms with Crippen molar-refractivity contribution < 1.29 is 55.2 Å².